The summed E-state index contributed by atoms with van der Waals surface area (Å²) in [4.78, 5) is 38.9. The molecule has 4 aliphatic rings. The second-order valence-corrected chi connectivity index (χ2v) is 12.7. The van der Waals surface area contributed by atoms with Crippen molar-refractivity contribution in [1.29, 1.82) is 0 Å². The number of nitrogens with zero attached hydrogens (tertiary/aromatic N) is 7. The second kappa shape index (κ2) is 15.6. The molecule has 2 bridgehead atoms. The summed E-state index contributed by atoms with van der Waals surface area (Å²) in [5.41, 5.74) is 2.02. The number of amides is 2. The third kappa shape index (κ3) is 8.48. The molecule has 7 rings (SSSR count). The number of hydrogen-bond acceptors (Lipinski definition) is 9. The predicted molar refractivity (Wildman–Crippen MR) is 172 cm³/mol. The molecule has 1 N–H and O–H groups in total. The lowest BCUT2D eigenvalue weighted by Crippen LogP contribution is -2.53. The first-order chi connectivity index (χ1) is 22.5. The smallest absolute Gasteiger partial charge is 0.257 e. The van der Waals surface area contributed by atoms with Crippen molar-refractivity contribution < 1.29 is 19.1 Å². The number of carbonyl (C=O) groups is 2. The van der Waals surface area contributed by atoms with Crippen molar-refractivity contribution >= 4 is 11.8 Å². The summed E-state index contributed by atoms with van der Waals surface area (Å²) in [6, 6.07) is 13.1. The van der Waals surface area contributed by atoms with Crippen LogP contribution in [0, 0.1) is 5.92 Å². The van der Waals surface area contributed by atoms with Crippen molar-refractivity contribution in [1.82, 2.24) is 40.0 Å². The van der Waals surface area contributed by atoms with Crippen molar-refractivity contribution in [3.8, 4) is 5.88 Å². The Morgan fingerprint density at radius 3 is 2.52 bits per heavy atom. The average Bonchev–Trinajstić information content (AvgIpc) is 3.52. The van der Waals surface area contributed by atoms with Crippen molar-refractivity contribution in [2.45, 2.75) is 50.7 Å². The fraction of sp³-hybridized carbons (Fsp3) is 0.559. The summed E-state index contributed by atoms with van der Waals surface area (Å²) in [5.74, 6) is 0.217. The number of benzene rings is 1. The largest absolute Gasteiger partial charge is 0.475 e. The fourth-order valence-electron chi connectivity index (χ4n) is 6.76. The van der Waals surface area contributed by atoms with Gasteiger partial charge in [0.1, 0.15) is 18.2 Å². The molecule has 2 saturated heterocycles. The van der Waals surface area contributed by atoms with Gasteiger partial charge in [-0.3, -0.25) is 14.5 Å². The van der Waals surface area contributed by atoms with E-state index >= 15 is 0 Å². The van der Waals surface area contributed by atoms with E-state index in [2.05, 4.69) is 37.5 Å². The Labute approximate surface area is 271 Å². The first kappa shape index (κ1) is 32.1. The number of rotatable bonds is 5. The molecule has 3 aromatic rings. The molecule has 246 valence electrons. The Morgan fingerprint density at radius 2 is 1.72 bits per heavy atom. The molecule has 6 heterocycles. The number of piperidine rings is 2. The van der Waals surface area contributed by atoms with Crippen LogP contribution in [-0.2, 0) is 22.5 Å². The van der Waals surface area contributed by atoms with Gasteiger partial charge >= 0.3 is 0 Å². The van der Waals surface area contributed by atoms with Crippen LogP contribution in [0.5, 0.6) is 5.88 Å². The van der Waals surface area contributed by atoms with Crippen molar-refractivity contribution in [3.63, 3.8) is 0 Å². The fourth-order valence-corrected chi connectivity index (χ4v) is 6.76. The van der Waals surface area contributed by atoms with E-state index in [1.807, 2.05) is 41.4 Å². The van der Waals surface area contributed by atoms with Crippen LogP contribution in [0.2, 0.25) is 0 Å². The van der Waals surface area contributed by atoms with E-state index in [1.165, 1.54) is 0 Å². The molecule has 4 aliphatic heterocycles. The zero-order valence-corrected chi connectivity index (χ0v) is 26.8. The monoisotopic (exact) mass is 630 g/mol. The summed E-state index contributed by atoms with van der Waals surface area (Å²) >= 11 is 0. The van der Waals surface area contributed by atoms with Crippen LogP contribution in [0.25, 0.3) is 0 Å². The van der Waals surface area contributed by atoms with E-state index in [1.54, 1.807) is 23.0 Å². The number of hydrogen-bond donors (Lipinski definition) is 1. The number of pyridine rings is 1. The zero-order valence-electron chi connectivity index (χ0n) is 26.8. The minimum atomic E-state index is -0.808. The van der Waals surface area contributed by atoms with Crippen LogP contribution in [-0.4, -0.2) is 125 Å². The Kier molecular flexibility index (Phi) is 10.9. The molecular formula is C34H46N8O4. The molecule has 1 aromatic carbocycles. The average molecular weight is 631 g/mol. The number of likely N-dealkylation sites (tertiary alicyclic amines) is 1. The lowest BCUT2D eigenvalue weighted by atomic mass is 9.93. The highest BCUT2D eigenvalue weighted by molar-refractivity contribution is 5.99. The first-order valence-corrected chi connectivity index (χ1v) is 16.6. The number of ether oxygens (including phenoxy) is 2. The minimum Gasteiger partial charge on any atom is -0.475 e. The molecule has 0 unspecified atom stereocenters. The third-order valence-electron chi connectivity index (χ3n) is 9.42. The summed E-state index contributed by atoms with van der Waals surface area (Å²) in [7, 11) is 2.20. The molecule has 2 fully saturated rings. The highest BCUT2D eigenvalue weighted by Gasteiger charge is 2.33. The maximum Gasteiger partial charge on any atom is 0.257 e. The predicted octanol–water partition coefficient (Wildman–Crippen LogP) is 2.11. The van der Waals surface area contributed by atoms with Gasteiger partial charge in [0.2, 0.25) is 11.8 Å². The second-order valence-electron chi connectivity index (χ2n) is 12.7. The maximum absolute atomic E-state index is 14.1. The molecular weight excluding hydrogens is 584 g/mol. The van der Waals surface area contributed by atoms with Crippen molar-refractivity contribution in [2.75, 3.05) is 66.1 Å². The topological polar surface area (TPSA) is 118 Å². The third-order valence-corrected chi connectivity index (χ3v) is 9.42. The van der Waals surface area contributed by atoms with E-state index in [0.717, 1.165) is 57.4 Å². The Morgan fingerprint density at radius 1 is 0.913 bits per heavy atom. The lowest BCUT2D eigenvalue weighted by molar-refractivity contribution is -0.134. The van der Waals surface area contributed by atoms with E-state index in [-0.39, 0.29) is 30.4 Å². The normalized spacial score (nSPS) is 23.3. The Hall–Kier alpha value is -3.87. The zero-order chi connectivity index (χ0) is 31.7. The van der Waals surface area contributed by atoms with Crippen LogP contribution < -0.4 is 10.1 Å². The van der Waals surface area contributed by atoms with Gasteiger partial charge < -0.3 is 24.6 Å². The van der Waals surface area contributed by atoms with Crippen LogP contribution in [0.1, 0.15) is 47.3 Å². The maximum atomic E-state index is 14.1. The number of aromatic nitrogens is 4. The van der Waals surface area contributed by atoms with Crippen molar-refractivity contribution in [3.05, 3.63) is 71.7 Å². The minimum absolute atomic E-state index is 0.0996. The molecule has 46 heavy (non-hydrogen) atoms. The Balaban J connectivity index is 1.20. The highest BCUT2D eigenvalue weighted by atomic mass is 16.5. The standard InChI is InChI=1S/C34H46N8O4/c1-39-14-11-29(12-15-39)41-18-19-45-20-21-46-33-30(8-5-13-35-33)32(43)36-31(34(44)40-16-9-27(23-41)10-17-40)22-28-25-42(38-37-28)24-26-6-3-2-4-7-26/h2-8,13,25,27,29,31H,9-12,14-24H2,1H3,(H,36,43)/t31-/m1/s1. The summed E-state index contributed by atoms with van der Waals surface area (Å²) in [6.07, 6.45) is 7.87. The van der Waals surface area contributed by atoms with Crippen LogP contribution >= 0.6 is 0 Å². The van der Waals surface area contributed by atoms with Crippen LogP contribution in [0.3, 0.4) is 0 Å². The van der Waals surface area contributed by atoms with Gasteiger partial charge in [-0.1, -0.05) is 35.5 Å². The van der Waals surface area contributed by atoms with Gasteiger partial charge in [-0.05, 0) is 69.4 Å². The molecule has 2 amide bonds. The van der Waals surface area contributed by atoms with Gasteiger partial charge in [-0.15, -0.1) is 5.10 Å². The summed E-state index contributed by atoms with van der Waals surface area (Å²) < 4.78 is 13.7. The van der Waals surface area contributed by atoms with Gasteiger partial charge in [0.15, 0.2) is 0 Å². The molecule has 12 heteroatoms. The van der Waals surface area contributed by atoms with Crippen molar-refractivity contribution in [2.24, 2.45) is 5.92 Å². The molecule has 0 spiro atoms. The van der Waals surface area contributed by atoms with E-state index < -0.39 is 11.9 Å². The number of nitrogens with one attached hydrogen (secondary N) is 1. The Bertz CT molecular complexity index is 1420. The van der Waals surface area contributed by atoms with Gasteiger partial charge in [0, 0.05) is 51.0 Å². The first-order valence-electron chi connectivity index (χ1n) is 16.6. The molecule has 1 atom stereocenters. The highest BCUT2D eigenvalue weighted by Crippen LogP contribution is 2.24. The molecule has 12 nitrogen and oxygen atoms in total. The summed E-state index contributed by atoms with van der Waals surface area (Å²) in [6.45, 7) is 7.30. The summed E-state index contributed by atoms with van der Waals surface area (Å²) in [5, 5.41) is 11.7. The van der Waals surface area contributed by atoms with E-state index in [4.69, 9.17) is 9.47 Å². The molecule has 2 aromatic heterocycles. The quantitative estimate of drug-likeness (QED) is 0.423. The van der Waals surface area contributed by atoms with E-state index in [0.29, 0.717) is 50.5 Å². The SMILES string of the molecule is CN1CCC(N2CCOCCOc3ncccc3C(=O)N[C@H](Cc3cn(Cc4ccccc4)nn3)C(=O)N3CCC(CC3)C2)CC1. The van der Waals surface area contributed by atoms with Gasteiger partial charge in [-0.25, -0.2) is 9.67 Å². The van der Waals surface area contributed by atoms with Crippen LogP contribution in [0.15, 0.2) is 54.9 Å². The molecule has 0 aliphatic carbocycles. The molecule has 0 radical (unpaired) electrons. The van der Waals surface area contributed by atoms with Gasteiger partial charge in [0.05, 0.1) is 25.5 Å². The van der Waals surface area contributed by atoms with Crippen LogP contribution in [0.4, 0.5) is 0 Å². The lowest BCUT2D eigenvalue weighted by Gasteiger charge is -2.41. The number of carbonyl (C=O) groups excluding carboxylic acids is 2. The number of fused-ring (bicyclic) bond motifs is 12. The van der Waals surface area contributed by atoms with Gasteiger partial charge in [0.25, 0.3) is 5.91 Å². The van der Waals surface area contributed by atoms with E-state index in [9.17, 15) is 9.59 Å². The van der Waals surface area contributed by atoms with Gasteiger partial charge in [-0.2, -0.15) is 0 Å². The molecule has 0 saturated carbocycles.